The number of ether oxygens (including phenoxy) is 2. The Morgan fingerprint density at radius 2 is 1.30 bits per heavy atom. The summed E-state index contributed by atoms with van der Waals surface area (Å²) in [5.74, 6) is -0.389. The van der Waals surface area contributed by atoms with Crippen molar-refractivity contribution in [1.82, 2.24) is 39.0 Å². The van der Waals surface area contributed by atoms with Crippen LogP contribution in [-0.2, 0) is 51.2 Å². The van der Waals surface area contributed by atoms with Crippen LogP contribution in [0, 0.1) is 0 Å². The van der Waals surface area contributed by atoms with Gasteiger partial charge in [-0.2, -0.15) is 9.97 Å². The number of aromatic amines is 2. The molecule has 10 atom stereocenters. The molecule has 0 bridgehead atoms. The van der Waals surface area contributed by atoms with Crippen molar-refractivity contribution >= 4 is 82.5 Å². The quantitative estimate of drug-likeness (QED) is 0.0538. The minimum Gasteiger partial charge on any atom is -0.386 e. The van der Waals surface area contributed by atoms with Crippen LogP contribution in [-0.4, -0.2) is 104 Å². The molecule has 21 nitrogen and oxygen atoms in total. The van der Waals surface area contributed by atoms with Crippen molar-refractivity contribution in [2.45, 2.75) is 49.1 Å². The Morgan fingerprint density at radius 1 is 0.851 bits per heavy atom. The maximum atomic E-state index is 12.3. The molecule has 9 N–H and O–H groups in total. The number of fused-ring (bicyclic) bond motifs is 4. The summed E-state index contributed by atoms with van der Waals surface area (Å²) in [4.78, 5) is 56.5. The summed E-state index contributed by atoms with van der Waals surface area (Å²) in [7, 11) is 0. The number of nitrogens with zero attached hydrogens (tertiary/aromatic N) is 6. The fourth-order valence-electron chi connectivity index (χ4n) is 5.39. The Kier molecular flexibility index (Phi) is 10.3. The van der Waals surface area contributed by atoms with E-state index in [2.05, 4.69) is 42.2 Å². The van der Waals surface area contributed by atoms with Crippen LogP contribution in [0.5, 0.6) is 0 Å². The van der Waals surface area contributed by atoms with Crippen molar-refractivity contribution in [2.75, 3.05) is 24.7 Å². The molecule has 0 amide bonds. The Balaban J connectivity index is 0.00000386. The van der Waals surface area contributed by atoms with Crippen molar-refractivity contribution in [3.63, 3.8) is 0 Å². The fourth-order valence-corrected chi connectivity index (χ4v) is 8.81. The molecule has 7 heterocycles. The van der Waals surface area contributed by atoms with E-state index in [4.69, 9.17) is 62.6 Å². The molecular weight excluding hydrogens is 754 g/mol. The smallest absolute Gasteiger partial charge is 0.386 e. The minimum absolute atomic E-state index is 0. The number of imidazole rings is 2. The summed E-state index contributed by atoms with van der Waals surface area (Å²) in [5, 5.41) is 22.6. The van der Waals surface area contributed by atoms with Gasteiger partial charge in [0.15, 0.2) is 34.8 Å². The van der Waals surface area contributed by atoms with Gasteiger partial charge in [-0.1, -0.05) is 12.2 Å². The molecule has 248 valence electrons. The SMILES string of the molecule is Nc1nc2c(ncn2C2O[C@@H]3COP(=S)(S)O[C@H]4[C@@H](O)[C@H](n5cnc6c(=O)[nH]c(N)nc65)O[C@@H]4COP(O)(=S)O[C@H]3[C@H]2O)c(=O)[nH]1.[K+]. The van der Waals surface area contributed by atoms with E-state index in [0.717, 1.165) is 0 Å². The molecule has 3 aliphatic rings. The molecule has 3 aliphatic heterocycles. The zero-order valence-corrected chi connectivity index (χ0v) is 31.2. The van der Waals surface area contributed by atoms with E-state index in [1.165, 1.54) is 21.8 Å². The van der Waals surface area contributed by atoms with Gasteiger partial charge in [0.05, 0.1) is 25.9 Å². The van der Waals surface area contributed by atoms with Crippen molar-refractivity contribution in [1.29, 1.82) is 0 Å². The number of H-pyrrole nitrogens is 2. The predicted octanol–water partition coefficient (Wildman–Crippen LogP) is -4.87. The monoisotopic (exact) mass is 777 g/mol. The molecule has 4 aromatic rings. The second-order valence-corrected chi connectivity index (χ2v) is 18.4. The number of aliphatic hydroxyl groups excluding tert-OH is 2. The third-order valence-electron chi connectivity index (χ3n) is 7.38. The predicted molar refractivity (Wildman–Crippen MR) is 166 cm³/mol. The van der Waals surface area contributed by atoms with Crippen LogP contribution in [0.3, 0.4) is 0 Å². The molecule has 3 saturated heterocycles. The first-order valence-corrected chi connectivity index (χ1v) is 19.5. The normalized spacial score (nSPS) is 36.3. The first-order chi connectivity index (χ1) is 21.7. The van der Waals surface area contributed by atoms with E-state index >= 15 is 0 Å². The van der Waals surface area contributed by atoms with Crippen LogP contribution in [0.1, 0.15) is 12.5 Å². The van der Waals surface area contributed by atoms with Gasteiger partial charge in [0, 0.05) is 0 Å². The van der Waals surface area contributed by atoms with Gasteiger partial charge in [0.1, 0.15) is 36.6 Å². The number of anilines is 2. The Morgan fingerprint density at radius 3 is 1.79 bits per heavy atom. The van der Waals surface area contributed by atoms with Crippen LogP contribution in [0.15, 0.2) is 22.2 Å². The van der Waals surface area contributed by atoms with Crippen molar-refractivity contribution in [3.8, 4) is 0 Å². The summed E-state index contributed by atoms with van der Waals surface area (Å²) in [6.07, 6.45) is -7.99. The summed E-state index contributed by atoms with van der Waals surface area (Å²) in [5.41, 5.74) is 6.55. The van der Waals surface area contributed by atoms with Crippen LogP contribution in [0.2, 0.25) is 0 Å². The van der Waals surface area contributed by atoms with Crippen molar-refractivity contribution in [2.24, 2.45) is 0 Å². The Bertz CT molecular complexity index is 1920. The Labute approximate surface area is 319 Å². The van der Waals surface area contributed by atoms with Crippen LogP contribution in [0.4, 0.5) is 11.9 Å². The maximum Gasteiger partial charge on any atom is 1.00 e. The summed E-state index contributed by atoms with van der Waals surface area (Å²) >= 11 is 15.2. The molecule has 0 aliphatic carbocycles. The third kappa shape index (κ3) is 6.83. The molecule has 3 unspecified atom stereocenters. The van der Waals surface area contributed by atoms with Gasteiger partial charge in [-0.3, -0.25) is 33.2 Å². The molecule has 0 aromatic carbocycles. The summed E-state index contributed by atoms with van der Waals surface area (Å²) < 4.78 is 37.7. The Hall–Kier alpha value is -0.774. The molecule has 7 rings (SSSR count). The molecule has 47 heavy (non-hydrogen) atoms. The van der Waals surface area contributed by atoms with E-state index in [1.54, 1.807) is 0 Å². The average Bonchev–Trinajstić information content (AvgIpc) is 3.72. The summed E-state index contributed by atoms with van der Waals surface area (Å²) in [6.45, 7) is -5.06. The number of nitrogen functional groups attached to an aromatic ring is 2. The number of rotatable bonds is 2. The van der Waals surface area contributed by atoms with Crippen molar-refractivity contribution in [3.05, 3.63) is 33.4 Å². The fraction of sp³-hybridized carbons (Fsp3) is 0.500. The van der Waals surface area contributed by atoms with E-state index in [9.17, 15) is 24.7 Å². The number of thiol groups is 1. The number of nitrogens with two attached hydrogens (primary N) is 2. The average molecular weight is 778 g/mol. The second kappa shape index (κ2) is 13.4. The molecular formula is C20H24KN10O11P2S3+. The van der Waals surface area contributed by atoms with E-state index < -0.39 is 85.8 Å². The molecule has 4 aromatic heterocycles. The molecule has 0 spiro atoms. The first kappa shape index (κ1) is 36.0. The second-order valence-electron chi connectivity index (χ2n) is 10.3. The van der Waals surface area contributed by atoms with E-state index in [1.807, 2.05) is 0 Å². The number of nitrogens with one attached hydrogen (secondary N) is 2. The van der Waals surface area contributed by atoms with Crippen LogP contribution >= 0.6 is 24.7 Å². The third-order valence-corrected chi connectivity index (χ3v) is 11.1. The topological polar surface area (TPSA) is 295 Å². The zero-order valence-electron chi connectivity index (χ0n) is 23.8. The van der Waals surface area contributed by atoms with Crippen LogP contribution in [0.25, 0.3) is 22.3 Å². The van der Waals surface area contributed by atoms with Gasteiger partial charge < -0.3 is 49.6 Å². The van der Waals surface area contributed by atoms with Gasteiger partial charge >= 0.3 is 58.1 Å². The molecule has 0 radical (unpaired) electrons. The molecule has 0 saturated carbocycles. The van der Waals surface area contributed by atoms with E-state index in [-0.39, 0.29) is 85.6 Å². The van der Waals surface area contributed by atoms with E-state index in [0.29, 0.717) is 0 Å². The first-order valence-electron chi connectivity index (χ1n) is 13.1. The number of aromatic nitrogens is 8. The van der Waals surface area contributed by atoms with Gasteiger partial charge in [-0.05, 0) is 23.6 Å². The maximum absolute atomic E-state index is 12.3. The molecule has 27 heteroatoms. The minimum atomic E-state index is -4.17. The number of hydrogen-bond donors (Lipinski definition) is 8. The largest absolute Gasteiger partial charge is 1.00 e. The van der Waals surface area contributed by atoms with Crippen LogP contribution < -0.4 is 74.0 Å². The standard InChI is InChI=1S/C20H24N10O11P2S3.K/c21-19-25-13-7(15(33)27-19)23-3-29(13)17-9(31)11-6(39-17)2-37-43(45,46)41-12-5(1-36-42(35,44)40-11)38-18(10(12)32)30-4-24-8-14(30)26-20(22)28-16(8)34;/h3-6,9-12,17-18,31-32H,1-2H2,(H,35,44)(H,45,46)(H3,21,25,27,33)(H3,22,26,28,34);/q;+1/t5-,6-,9-,10-,11-,12-,17?,18-,42?;/m1./s1. The zero-order chi connectivity index (χ0) is 32.7. The van der Waals surface area contributed by atoms with Gasteiger partial charge in [-0.25, -0.2) is 9.97 Å². The van der Waals surface area contributed by atoms with Crippen molar-refractivity contribution < 1.29 is 94.1 Å². The number of hydrogen-bond acceptors (Lipinski definition) is 18. The molecule has 3 fully saturated rings. The number of aliphatic hydroxyl groups is 2. The van der Waals surface area contributed by atoms with Gasteiger partial charge in [-0.15, -0.1) is 0 Å². The summed E-state index contributed by atoms with van der Waals surface area (Å²) in [6, 6.07) is 0. The van der Waals surface area contributed by atoms with Gasteiger partial charge in [0.2, 0.25) is 17.6 Å². The van der Waals surface area contributed by atoms with Gasteiger partial charge in [0.25, 0.3) is 11.1 Å².